The van der Waals surface area contributed by atoms with E-state index < -0.39 is 15.8 Å². The molecule has 1 atom stereocenters. The third-order valence-corrected chi connectivity index (χ3v) is 7.79. The molecule has 0 saturated heterocycles. The first-order chi connectivity index (χ1) is 16.3. The van der Waals surface area contributed by atoms with E-state index in [1.54, 1.807) is 24.3 Å². The predicted octanol–water partition coefficient (Wildman–Crippen LogP) is 3.37. The Morgan fingerprint density at radius 2 is 1.74 bits per heavy atom. The fourth-order valence-corrected chi connectivity index (χ4v) is 5.88. The van der Waals surface area contributed by atoms with Gasteiger partial charge >= 0.3 is 0 Å². The Bertz CT molecular complexity index is 1080. The van der Waals surface area contributed by atoms with Crippen LogP contribution in [0.25, 0.3) is 0 Å². The van der Waals surface area contributed by atoms with Gasteiger partial charge in [0.05, 0.1) is 16.6 Å². The third-order valence-electron chi connectivity index (χ3n) is 6.04. The first-order valence-electron chi connectivity index (χ1n) is 12.0. The van der Waals surface area contributed by atoms with Gasteiger partial charge in [-0.15, -0.1) is 0 Å². The quantitative estimate of drug-likeness (QED) is 0.481. The van der Waals surface area contributed by atoms with Crippen LogP contribution in [-0.4, -0.2) is 57.1 Å². The van der Waals surface area contributed by atoms with E-state index in [1.165, 1.54) is 6.07 Å². The molecule has 0 radical (unpaired) electrons. The minimum Gasteiger partial charge on any atom is -0.354 e. The molecular weight excluding hydrogens is 450 g/mol. The molecule has 3 rings (SSSR count). The molecule has 2 aromatic rings. The number of hydrogen-bond acceptors (Lipinski definition) is 5. The minimum absolute atomic E-state index is 0.0691. The molecule has 2 N–H and O–H groups in total. The molecule has 0 bridgehead atoms. The Morgan fingerprint density at radius 3 is 2.41 bits per heavy atom. The first kappa shape index (κ1) is 25.9. The van der Waals surface area contributed by atoms with Crippen molar-refractivity contribution in [1.29, 1.82) is 0 Å². The van der Waals surface area contributed by atoms with Gasteiger partial charge in [-0.2, -0.15) is 0 Å². The van der Waals surface area contributed by atoms with Gasteiger partial charge < -0.3 is 15.5 Å². The largest absolute Gasteiger partial charge is 0.354 e. The van der Waals surface area contributed by atoms with Crippen molar-refractivity contribution in [3.05, 3.63) is 59.7 Å². The average Bonchev–Trinajstić information content (AvgIpc) is 2.83. The maximum atomic E-state index is 13.3. The summed E-state index contributed by atoms with van der Waals surface area (Å²) in [5.74, 6) is -1.48. The smallest absolute Gasteiger partial charge is 0.228 e. The van der Waals surface area contributed by atoms with Crippen LogP contribution in [0.5, 0.6) is 0 Å². The Morgan fingerprint density at radius 1 is 1.03 bits per heavy atom. The van der Waals surface area contributed by atoms with E-state index in [0.717, 1.165) is 38.0 Å². The Labute approximate surface area is 202 Å². The van der Waals surface area contributed by atoms with Crippen LogP contribution in [0.1, 0.15) is 50.2 Å². The van der Waals surface area contributed by atoms with Gasteiger partial charge in [-0.3, -0.25) is 9.59 Å². The highest BCUT2D eigenvalue weighted by Crippen LogP contribution is 2.28. The molecule has 0 aliphatic carbocycles. The molecule has 0 aromatic heterocycles. The second kappa shape index (κ2) is 12.1. The van der Waals surface area contributed by atoms with Gasteiger partial charge in [0, 0.05) is 25.2 Å². The van der Waals surface area contributed by atoms with E-state index >= 15 is 0 Å². The van der Waals surface area contributed by atoms with Crippen molar-refractivity contribution in [2.45, 2.75) is 50.3 Å². The van der Waals surface area contributed by atoms with E-state index in [9.17, 15) is 18.0 Å². The zero-order valence-corrected chi connectivity index (χ0v) is 20.9. The van der Waals surface area contributed by atoms with Crippen LogP contribution < -0.4 is 10.6 Å². The molecule has 0 saturated carbocycles. The Hall–Kier alpha value is -2.71. The molecular formula is C26H35N3O4S. The number of carbonyl (C=O) groups is 2. The van der Waals surface area contributed by atoms with Crippen molar-refractivity contribution in [2.75, 3.05) is 37.2 Å². The molecule has 1 aliphatic rings. The molecule has 184 valence electrons. The number of amides is 2. The predicted molar refractivity (Wildman–Crippen MR) is 135 cm³/mol. The minimum atomic E-state index is -3.74. The topological polar surface area (TPSA) is 95.6 Å². The number of aryl methyl sites for hydroxylation is 1. The molecule has 2 aromatic carbocycles. The summed E-state index contributed by atoms with van der Waals surface area (Å²) >= 11 is 0. The zero-order valence-electron chi connectivity index (χ0n) is 20.0. The number of nitrogens with one attached hydrogen (secondary N) is 2. The summed E-state index contributed by atoms with van der Waals surface area (Å²) in [6.45, 7) is 7.41. The van der Waals surface area contributed by atoms with Crippen LogP contribution in [0.4, 0.5) is 5.69 Å². The highest BCUT2D eigenvalue weighted by Gasteiger charge is 2.29. The summed E-state index contributed by atoms with van der Waals surface area (Å²) in [5, 5.41) is 5.74. The van der Waals surface area contributed by atoms with Crippen LogP contribution in [-0.2, 0) is 25.8 Å². The molecule has 34 heavy (non-hydrogen) atoms. The molecule has 2 amide bonds. The van der Waals surface area contributed by atoms with Crippen LogP contribution in [0.15, 0.2) is 53.4 Å². The number of rotatable bonds is 12. The summed E-state index contributed by atoms with van der Waals surface area (Å²) in [6.07, 6.45) is 2.92. The van der Waals surface area contributed by atoms with Gasteiger partial charge in [0.15, 0.2) is 9.84 Å². The number of anilines is 1. The number of nitrogens with zero attached hydrogens (tertiary/aromatic N) is 1. The fraction of sp³-hybridized carbons (Fsp3) is 0.462. The van der Waals surface area contributed by atoms with Gasteiger partial charge in [-0.25, -0.2) is 8.42 Å². The van der Waals surface area contributed by atoms with Gasteiger partial charge in [0.25, 0.3) is 0 Å². The summed E-state index contributed by atoms with van der Waals surface area (Å²) in [7, 11) is -3.74. The molecule has 1 aliphatic heterocycles. The number of benzene rings is 2. The SMILES string of the molecule is CCCN(CCC)CCNC(=O)C(CS(=O)(=O)c1ccc2c(c1)CCC(=O)N2)c1ccccc1. The molecule has 0 fully saturated rings. The van der Waals surface area contributed by atoms with E-state index in [2.05, 4.69) is 29.4 Å². The van der Waals surface area contributed by atoms with Gasteiger partial charge in [-0.1, -0.05) is 44.2 Å². The second-order valence-corrected chi connectivity index (χ2v) is 10.8. The average molecular weight is 486 g/mol. The van der Waals surface area contributed by atoms with Crippen molar-refractivity contribution in [3.63, 3.8) is 0 Å². The van der Waals surface area contributed by atoms with Crippen molar-refractivity contribution < 1.29 is 18.0 Å². The van der Waals surface area contributed by atoms with E-state index in [4.69, 9.17) is 0 Å². The highest BCUT2D eigenvalue weighted by molar-refractivity contribution is 7.91. The normalized spacial score (nSPS) is 14.4. The third kappa shape index (κ3) is 6.90. The second-order valence-electron chi connectivity index (χ2n) is 8.74. The number of hydrogen-bond donors (Lipinski definition) is 2. The lowest BCUT2D eigenvalue weighted by Crippen LogP contribution is -2.39. The van der Waals surface area contributed by atoms with Gasteiger partial charge in [-0.05, 0) is 61.7 Å². The van der Waals surface area contributed by atoms with Crippen LogP contribution in [0.2, 0.25) is 0 Å². The maximum Gasteiger partial charge on any atom is 0.228 e. The van der Waals surface area contributed by atoms with Crippen molar-refractivity contribution >= 4 is 27.3 Å². The van der Waals surface area contributed by atoms with E-state index in [0.29, 0.717) is 30.6 Å². The maximum absolute atomic E-state index is 13.3. The lowest BCUT2D eigenvalue weighted by molar-refractivity contribution is -0.122. The van der Waals surface area contributed by atoms with Crippen LogP contribution in [0.3, 0.4) is 0 Å². The van der Waals surface area contributed by atoms with Crippen molar-refractivity contribution in [1.82, 2.24) is 10.2 Å². The molecule has 0 spiro atoms. The van der Waals surface area contributed by atoms with Gasteiger partial charge in [0.2, 0.25) is 11.8 Å². The van der Waals surface area contributed by atoms with Gasteiger partial charge in [0.1, 0.15) is 0 Å². The standard InChI is InChI=1S/C26H35N3O4S/c1-3-15-29(16-4-2)17-14-27-26(31)23(20-8-6-5-7-9-20)19-34(32,33)22-11-12-24-21(18-22)10-13-25(30)28-24/h5-9,11-12,18,23H,3-4,10,13-17,19H2,1-2H3,(H,27,31)(H,28,30). The highest BCUT2D eigenvalue weighted by atomic mass is 32.2. The number of sulfone groups is 1. The number of fused-ring (bicyclic) bond motifs is 1. The molecule has 1 unspecified atom stereocenters. The Kier molecular flexibility index (Phi) is 9.24. The molecule has 7 nitrogen and oxygen atoms in total. The summed E-state index contributed by atoms with van der Waals surface area (Å²) in [6, 6.07) is 13.8. The monoisotopic (exact) mass is 485 g/mol. The molecule has 1 heterocycles. The summed E-state index contributed by atoms with van der Waals surface area (Å²) < 4.78 is 26.7. The van der Waals surface area contributed by atoms with Crippen molar-refractivity contribution in [2.24, 2.45) is 0 Å². The van der Waals surface area contributed by atoms with Crippen LogP contribution >= 0.6 is 0 Å². The van der Waals surface area contributed by atoms with Crippen molar-refractivity contribution in [3.8, 4) is 0 Å². The van der Waals surface area contributed by atoms with E-state index in [-0.39, 0.29) is 22.5 Å². The fourth-order valence-electron chi connectivity index (χ4n) is 4.31. The number of carbonyl (C=O) groups excluding carboxylic acids is 2. The lowest BCUT2D eigenvalue weighted by atomic mass is 10.0. The van der Waals surface area contributed by atoms with E-state index in [1.807, 2.05) is 18.2 Å². The first-order valence-corrected chi connectivity index (χ1v) is 13.7. The summed E-state index contributed by atoms with van der Waals surface area (Å²) in [5.41, 5.74) is 2.12. The molecule has 8 heteroatoms. The zero-order chi connectivity index (χ0) is 24.6. The summed E-state index contributed by atoms with van der Waals surface area (Å²) in [4.78, 5) is 27.3. The van der Waals surface area contributed by atoms with Crippen LogP contribution in [0, 0.1) is 0 Å². The Balaban J connectivity index is 1.76. The lowest BCUT2D eigenvalue weighted by Gasteiger charge is -2.23.